The van der Waals surface area contributed by atoms with Crippen molar-refractivity contribution in [2.75, 3.05) is 0 Å². The highest BCUT2D eigenvalue weighted by Gasteiger charge is 2.39. The Hall–Kier alpha value is -0.820. The van der Waals surface area contributed by atoms with E-state index in [4.69, 9.17) is 0 Å². The molecule has 0 spiro atoms. The topological polar surface area (TPSA) is 41.1 Å². The van der Waals surface area contributed by atoms with E-state index in [9.17, 15) is 4.79 Å². The molecule has 0 saturated carbocycles. The van der Waals surface area contributed by atoms with E-state index in [1.54, 1.807) is 34.4 Å². The van der Waals surface area contributed by atoms with Gasteiger partial charge in [0.1, 0.15) is 0 Å². The van der Waals surface area contributed by atoms with Gasteiger partial charge in [-0.3, -0.25) is 4.79 Å². The van der Waals surface area contributed by atoms with Gasteiger partial charge in [-0.15, -0.1) is 22.7 Å². The molecule has 3 nitrogen and oxygen atoms in total. The molecule has 4 rings (SSSR count). The fourth-order valence-corrected chi connectivity index (χ4v) is 6.68. The Kier molecular flexibility index (Phi) is 4.02. The third-order valence-corrected chi connectivity index (χ3v) is 7.69. The lowest BCUT2D eigenvalue weighted by atomic mass is 9.95. The lowest BCUT2D eigenvalue weighted by Crippen LogP contribution is -2.42. The van der Waals surface area contributed by atoms with Crippen molar-refractivity contribution in [1.29, 1.82) is 0 Å². The summed E-state index contributed by atoms with van der Waals surface area (Å²) in [6, 6.07) is 9.69. The van der Waals surface area contributed by atoms with Gasteiger partial charge >= 0.3 is 0 Å². The van der Waals surface area contributed by atoms with E-state index in [-0.39, 0.29) is 5.91 Å². The predicted octanol–water partition coefficient (Wildman–Crippen LogP) is 3.89. The maximum absolute atomic E-state index is 12.4. The Morgan fingerprint density at radius 2 is 2.05 bits per heavy atom. The van der Waals surface area contributed by atoms with Gasteiger partial charge in [-0.1, -0.05) is 11.8 Å². The third-order valence-electron chi connectivity index (χ3n) is 4.34. The van der Waals surface area contributed by atoms with E-state index in [2.05, 4.69) is 35.8 Å². The van der Waals surface area contributed by atoms with Gasteiger partial charge in [0.25, 0.3) is 5.91 Å². The van der Waals surface area contributed by atoms with Gasteiger partial charge in [0, 0.05) is 23.0 Å². The van der Waals surface area contributed by atoms with Crippen LogP contribution in [-0.4, -0.2) is 24.0 Å². The fourth-order valence-electron chi connectivity index (χ4n) is 3.29. The summed E-state index contributed by atoms with van der Waals surface area (Å²) in [6.45, 7) is 2.12. The molecular weight excluding hydrogens is 332 g/mol. The van der Waals surface area contributed by atoms with E-state index >= 15 is 0 Å². The Bertz CT molecular complexity index is 693. The predicted molar refractivity (Wildman–Crippen MR) is 93.3 cm³/mol. The molecule has 2 aliphatic heterocycles. The van der Waals surface area contributed by atoms with Crippen molar-refractivity contribution in [3.8, 4) is 0 Å². The van der Waals surface area contributed by atoms with E-state index < -0.39 is 0 Å². The number of amides is 1. The number of carbonyl (C=O) groups excluding carboxylic acids is 1. The van der Waals surface area contributed by atoms with Crippen LogP contribution in [0.1, 0.15) is 33.8 Å². The SMILES string of the molecule is Cc1ccc(Sc2ccc(C(=O)N[C@@H]3C[C@H]4CC[C@@H]3N4)s2)s1. The first-order chi connectivity index (χ1) is 10.7. The van der Waals surface area contributed by atoms with Crippen LogP contribution >= 0.6 is 34.4 Å². The van der Waals surface area contributed by atoms with Crippen LogP contribution in [0.5, 0.6) is 0 Å². The number of nitrogens with one attached hydrogen (secondary N) is 2. The van der Waals surface area contributed by atoms with Crippen molar-refractivity contribution >= 4 is 40.3 Å². The van der Waals surface area contributed by atoms with Gasteiger partial charge in [0.2, 0.25) is 0 Å². The van der Waals surface area contributed by atoms with Crippen molar-refractivity contribution in [3.63, 3.8) is 0 Å². The molecule has 2 bridgehead atoms. The number of carbonyl (C=O) groups is 1. The Morgan fingerprint density at radius 3 is 2.73 bits per heavy atom. The number of hydrogen-bond donors (Lipinski definition) is 2. The van der Waals surface area contributed by atoms with Gasteiger partial charge in [-0.2, -0.15) is 0 Å². The molecule has 116 valence electrons. The highest BCUT2D eigenvalue weighted by atomic mass is 32.2. The molecule has 0 radical (unpaired) electrons. The second kappa shape index (κ2) is 6.00. The van der Waals surface area contributed by atoms with Crippen molar-refractivity contribution < 1.29 is 4.79 Å². The maximum atomic E-state index is 12.4. The number of fused-ring (bicyclic) bond motifs is 2. The van der Waals surface area contributed by atoms with E-state index in [1.165, 1.54) is 26.1 Å². The van der Waals surface area contributed by atoms with Crippen molar-refractivity contribution in [2.24, 2.45) is 0 Å². The number of hydrogen-bond acceptors (Lipinski definition) is 5. The van der Waals surface area contributed by atoms with Gasteiger partial charge < -0.3 is 10.6 Å². The van der Waals surface area contributed by atoms with Gasteiger partial charge in [-0.25, -0.2) is 0 Å². The zero-order valence-electron chi connectivity index (χ0n) is 12.3. The van der Waals surface area contributed by atoms with Crippen molar-refractivity contribution in [1.82, 2.24) is 10.6 Å². The smallest absolute Gasteiger partial charge is 0.261 e. The van der Waals surface area contributed by atoms with E-state index in [0.29, 0.717) is 18.1 Å². The Labute approximate surface area is 142 Å². The zero-order valence-corrected chi connectivity index (χ0v) is 14.7. The molecule has 22 heavy (non-hydrogen) atoms. The summed E-state index contributed by atoms with van der Waals surface area (Å²) in [7, 11) is 0. The molecule has 0 aliphatic carbocycles. The molecular formula is C16H18N2OS3. The number of rotatable bonds is 4. The molecule has 1 amide bonds. The van der Waals surface area contributed by atoms with Crippen LogP contribution in [0.25, 0.3) is 0 Å². The first-order valence-corrected chi connectivity index (χ1v) is 10.0. The highest BCUT2D eigenvalue weighted by molar-refractivity contribution is 8.02. The fraction of sp³-hybridized carbons (Fsp3) is 0.438. The molecule has 6 heteroatoms. The first kappa shape index (κ1) is 14.8. The molecule has 2 aromatic heterocycles. The van der Waals surface area contributed by atoms with E-state index in [1.807, 2.05) is 6.07 Å². The number of thiophene rings is 2. The molecule has 2 saturated heterocycles. The van der Waals surface area contributed by atoms with Gasteiger partial charge in [-0.05, 0) is 50.5 Å². The molecule has 0 aromatic carbocycles. The minimum Gasteiger partial charge on any atom is -0.347 e. The Balaban J connectivity index is 1.39. The van der Waals surface area contributed by atoms with Crippen LogP contribution in [0, 0.1) is 6.92 Å². The average molecular weight is 351 g/mol. The van der Waals surface area contributed by atoms with Crippen LogP contribution in [0.2, 0.25) is 0 Å². The standard InChI is InChI=1S/C16H18N2OS3/c1-9-2-6-14(20-9)22-15-7-5-13(21-15)16(19)18-12-8-10-3-4-11(12)17-10/h2,5-7,10-12,17H,3-4,8H2,1H3,(H,18,19)/t10-,11+,12-/m1/s1. The normalized spacial score (nSPS) is 26.5. The number of aryl methyl sites for hydroxylation is 1. The van der Waals surface area contributed by atoms with Crippen LogP contribution in [0.3, 0.4) is 0 Å². The zero-order chi connectivity index (χ0) is 15.1. The molecule has 2 aliphatic rings. The summed E-state index contributed by atoms with van der Waals surface area (Å²) in [5.41, 5.74) is 0. The first-order valence-electron chi connectivity index (χ1n) is 7.58. The molecule has 2 fully saturated rings. The quantitative estimate of drug-likeness (QED) is 0.879. The molecule has 2 aromatic rings. The molecule has 0 unspecified atom stereocenters. The van der Waals surface area contributed by atoms with Gasteiger partial charge in [0.15, 0.2) is 0 Å². The minimum absolute atomic E-state index is 0.0820. The summed E-state index contributed by atoms with van der Waals surface area (Å²) < 4.78 is 2.46. The second-order valence-electron chi connectivity index (χ2n) is 5.95. The third kappa shape index (κ3) is 2.97. The Morgan fingerprint density at radius 1 is 1.23 bits per heavy atom. The molecule has 3 atom stereocenters. The molecule has 2 N–H and O–H groups in total. The van der Waals surface area contributed by atoms with E-state index in [0.717, 1.165) is 11.3 Å². The lowest BCUT2D eigenvalue weighted by molar-refractivity contribution is 0.0935. The van der Waals surface area contributed by atoms with Crippen LogP contribution < -0.4 is 10.6 Å². The van der Waals surface area contributed by atoms with Crippen LogP contribution in [0.15, 0.2) is 32.7 Å². The summed E-state index contributed by atoms with van der Waals surface area (Å²) in [4.78, 5) is 14.6. The van der Waals surface area contributed by atoms with Crippen LogP contribution in [-0.2, 0) is 0 Å². The largest absolute Gasteiger partial charge is 0.347 e. The van der Waals surface area contributed by atoms with Gasteiger partial charge in [0.05, 0.1) is 13.3 Å². The van der Waals surface area contributed by atoms with Crippen LogP contribution in [0.4, 0.5) is 0 Å². The molecule has 4 heterocycles. The highest BCUT2D eigenvalue weighted by Crippen LogP contribution is 2.37. The summed E-state index contributed by atoms with van der Waals surface area (Å²) in [6.07, 6.45) is 3.54. The monoisotopic (exact) mass is 350 g/mol. The summed E-state index contributed by atoms with van der Waals surface area (Å²) in [5, 5.41) is 6.77. The summed E-state index contributed by atoms with van der Waals surface area (Å²) >= 11 is 5.13. The summed E-state index contributed by atoms with van der Waals surface area (Å²) in [5.74, 6) is 0.0820. The van der Waals surface area contributed by atoms with Crippen molar-refractivity contribution in [2.45, 2.75) is 52.7 Å². The minimum atomic E-state index is 0.0820. The average Bonchev–Trinajstić information content (AvgIpc) is 3.24. The lowest BCUT2D eigenvalue weighted by Gasteiger charge is -2.20. The maximum Gasteiger partial charge on any atom is 0.261 e. The van der Waals surface area contributed by atoms with Crippen molar-refractivity contribution in [3.05, 3.63) is 34.0 Å². The second-order valence-corrected chi connectivity index (χ2v) is 9.92.